The topological polar surface area (TPSA) is 29.5 Å². The Morgan fingerprint density at radius 3 is 1.88 bits per heavy atom. The highest BCUT2D eigenvalue weighted by molar-refractivity contribution is 5.39. The maximum absolute atomic E-state index is 12.9. The SMILES string of the molecule is [2H]c1c([2H])c([2H])c(C(O)(c2c([2H])c([2H])c([2H])c([2H])c2[2H])C23CC[N+](CCOCc4ccccc4)(CC2)CC3)c([2H])c1[2H].[Br-]. The summed E-state index contributed by atoms with van der Waals surface area (Å²) in [5.41, 5.74) is -3.37. The van der Waals surface area contributed by atoms with Crippen molar-refractivity contribution in [1.82, 2.24) is 0 Å². The van der Waals surface area contributed by atoms with E-state index in [-0.39, 0.29) is 17.0 Å². The minimum Gasteiger partial charge on any atom is -1.00 e. The van der Waals surface area contributed by atoms with Gasteiger partial charge in [0.25, 0.3) is 0 Å². The van der Waals surface area contributed by atoms with E-state index in [0.29, 0.717) is 52.1 Å². The lowest BCUT2D eigenvalue weighted by Crippen LogP contribution is -3.00. The molecule has 0 radical (unpaired) electrons. The third kappa shape index (κ3) is 4.54. The van der Waals surface area contributed by atoms with Crippen molar-refractivity contribution >= 4 is 0 Å². The van der Waals surface area contributed by atoms with Gasteiger partial charge in [-0.3, -0.25) is 0 Å². The molecule has 3 aliphatic rings. The number of ether oxygens (including phenoxy) is 1. The minimum absolute atomic E-state index is 0. The van der Waals surface area contributed by atoms with Crippen LogP contribution < -0.4 is 17.0 Å². The Hall–Kier alpha value is -1.98. The summed E-state index contributed by atoms with van der Waals surface area (Å²) in [5.74, 6) is 0. The number of aliphatic hydroxyl groups is 1. The maximum atomic E-state index is 12.9. The molecule has 3 nitrogen and oxygen atoms in total. The first kappa shape index (κ1) is 14.4. The van der Waals surface area contributed by atoms with Crippen LogP contribution in [0.2, 0.25) is 0 Å². The molecule has 6 rings (SSSR count). The van der Waals surface area contributed by atoms with Gasteiger partial charge >= 0.3 is 0 Å². The summed E-state index contributed by atoms with van der Waals surface area (Å²) in [6.07, 6.45) is 1.10. The highest BCUT2D eigenvalue weighted by Gasteiger charge is 2.60. The summed E-state index contributed by atoms with van der Waals surface area (Å²) < 4.78 is 91.0. The molecule has 2 bridgehead atoms. The molecule has 3 saturated heterocycles. The number of hydrogen-bond donors (Lipinski definition) is 1. The molecular weight excluding hydrogens is 474 g/mol. The number of piperidine rings is 3. The Morgan fingerprint density at radius 1 is 0.848 bits per heavy atom. The lowest BCUT2D eigenvalue weighted by atomic mass is 9.56. The van der Waals surface area contributed by atoms with Gasteiger partial charge in [-0.2, -0.15) is 0 Å². The molecule has 3 aromatic carbocycles. The molecule has 3 aliphatic heterocycles. The number of rotatable bonds is 8. The van der Waals surface area contributed by atoms with Gasteiger partial charge in [-0.05, 0) is 16.7 Å². The van der Waals surface area contributed by atoms with Crippen LogP contribution in [0.5, 0.6) is 0 Å². The van der Waals surface area contributed by atoms with E-state index in [1.807, 2.05) is 30.3 Å². The van der Waals surface area contributed by atoms with E-state index in [2.05, 4.69) is 0 Å². The van der Waals surface area contributed by atoms with Gasteiger partial charge < -0.3 is 31.3 Å². The first-order valence-corrected chi connectivity index (χ1v) is 11.1. The fraction of sp³-hybridized carbons (Fsp3) is 0.379. The zero-order valence-electron chi connectivity index (χ0n) is 28.4. The molecule has 3 aromatic rings. The van der Waals surface area contributed by atoms with E-state index in [1.54, 1.807) is 0 Å². The highest BCUT2D eigenvalue weighted by atomic mass is 79.9. The molecule has 1 N–H and O–H groups in total. The lowest BCUT2D eigenvalue weighted by Gasteiger charge is -2.60. The van der Waals surface area contributed by atoms with E-state index in [1.165, 1.54) is 0 Å². The summed E-state index contributed by atoms with van der Waals surface area (Å²) in [6, 6.07) is 3.43. The van der Waals surface area contributed by atoms with Gasteiger partial charge in [0, 0.05) is 24.7 Å². The van der Waals surface area contributed by atoms with Crippen molar-refractivity contribution < 1.29 is 45.0 Å². The van der Waals surface area contributed by atoms with Crippen molar-refractivity contribution in [3.05, 3.63) is 107 Å². The first-order chi connectivity index (χ1) is 19.8. The zero-order chi connectivity index (χ0) is 30.6. The van der Waals surface area contributed by atoms with Crippen molar-refractivity contribution in [3.8, 4) is 0 Å². The van der Waals surface area contributed by atoms with Gasteiger partial charge in [0.05, 0.1) is 46.6 Å². The maximum Gasteiger partial charge on any atom is 0.121 e. The molecule has 0 saturated carbocycles. The van der Waals surface area contributed by atoms with E-state index in [4.69, 9.17) is 18.4 Å². The largest absolute Gasteiger partial charge is 1.00 e. The lowest BCUT2D eigenvalue weighted by molar-refractivity contribution is -0.946. The van der Waals surface area contributed by atoms with Crippen LogP contribution in [0.15, 0.2) is 90.8 Å². The predicted molar refractivity (Wildman–Crippen MR) is 128 cm³/mol. The van der Waals surface area contributed by atoms with Crippen LogP contribution in [0.25, 0.3) is 0 Å². The molecule has 0 aliphatic carbocycles. The second-order valence-electron chi connectivity index (χ2n) is 9.01. The van der Waals surface area contributed by atoms with Crippen molar-refractivity contribution in [1.29, 1.82) is 0 Å². The molecular formula is C29H34BrNO2. The molecule has 0 aromatic heterocycles. The van der Waals surface area contributed by atoms with Gasteiger partial charge in [0.1, 0.15) is 12.1 Å². The predicted octanol–water partition coefficient (Wildman–Crippen LogP) is 2.14. The quantitative estimate of drug-likeness (QED) is 0.366. The van der Waals surface area contributed by atoms with Gasteiger partial charge in [0.2, 0.25) is 0 Å². The van der Waals surface area contributed by atoms with Gasteiger partial charge in [0.15, 0.2) is 0 Å². The molecule has 4 heteroatoms. The van der Waals surface area contributed by atoms with Crippen LogP contribution in [-0.2, 0) is 16.9 Å². The fourth-order valence-electron chi connectivity index (χ4n) is 5.48. The van der Waals surface area contributed by atoms with Gasteiger partial charge in [-0.15, -0.1) is 0 Å². The standard InChI is InChI=1S/C29H34NO2.BrH/c31-29(26-12-6-2-7-13-26,27-14-8-3-9-15-27)28-16-19-30(20-17-28,21-18-28)22-23-32-24-25-10-4-1-5-11-25;/h1-15,31H,16-24H2;1H/q+1;/p-1/i2D,3D,6D,7D,8D,9D,12D,13D,14D,15D;. The highest BCUT2D eigenvalue weighted by Crippen LogP contribution is 2.57. The molecule has 3 fully saturated rings. The van der Waals surface area contributed by atoms with Crippen LogP contribution in [0.1, 0.15) is 49.7 Å². The van der Waals surface area contributed by atoms with E-state index in [0.717, 1.165) is 16.6 Å². The Labute approximate surface area is 222 Å². The average molecular weight is 519 g/mol. The van der Waals surface area contributed by atoms with E-state index < -0.39 is 82.6 Å². The number of benzene rings is 3. The molecule has 0 spiro atoms. The second kappa shape index (κ2) is 10.1. The molecule has 174 valence electrons. The summed E-state index contributed by atoms with van der Waals surface area (Å²) in [4.78, 5) is 0. The first-order valence-electron chi connectivity index (χ1n) is 16.1. The van der Waals surface area contributed by atoms with Gasteiger partial charge in [-0.25, -0.2) is 0 Å². The Balaban J connectivity index is 0.00000423. The fourth-order valence-corrected chi connectivity index (χ4v) is 5.48. The summed E-state index contributed by atoms with van der Waals surface area (Å²) in [6.45, 7) is 3.58. The summed E-state index contributed by atoms with van der Waals surface area (Å²) >= 11 is 0. The molecule has 0 unspecified atom stereocenters. The number of nitrogens with zero attached hydrogens (tertiary/aromatic N) is 1. The Kier molecular flexibility index (Phi) is 4.42. The van der Waals surface area contributed by atoms with Crippen molar-refractivity contribution in [2.45, 2.75) is 31.5 Å². The summed E-state index contributed by atoms with van der Waals surface area (Å²) in [7, 11) is 0. The van der Waals surface area contributed by atoms with Crippen LogP contribution in [0, 0.1) is 5.41 Å². The second-order valence-corrected chi connectivity index (χ2v) is 9.01. The Morgan fingerprint density at radius 2 is 1.36 bits per heavy atom. The number of halogens is 1. The molecule has 0 atom stereocenters. The Bertz CT molecular complexity index is 1390. The third-order valence-corrected chi connectivity index (χ3v) is 7.51. The van der Waals surface area contributed by atoms with E-state index >= 15 is 0 Å². The monoisotopic (exact) mass is 517 g/mol. The summed E-state index contributed by atoms with van der Waals surface area (Å²) in [5, 5.41) is 12.9. The number of hydrogen-bond acceptors (Lipinski definition) is 2. The average Bonchev–Trinajstić information content (AvgIpc) is 3.00. The van der Waals surface area contributed by atoms with Crippen molar-refractivity contribution in [3.63, 3.8) is 0 Å². The van der Waals surface area contributed by atoms with Crippen LogP contribution in [0.4, 0.5) is 0 Å². The van der Waals surface area contributed by atoms with E-state index in [9.17, 15) is 5.11 Å². The number of quaternary nitrogens is 1. The smallest absolute Gasteiger partial charge is 0.121 e. The van der Waals surface area contributed by atoms with Gasteiger partial charge in [-0.1, -0.05) is 90.8 Å². The van der Waals surface area contributed by atoms with Crippen LogP contribution in [-0.4, -0.2) is 42.4 Å². The van der Waals surface area contributed by atoms with Crippen LogP contribution in [0.3, 0.4) is 0 Å². The normalized spacial score (nSPS) is 28.5. The van der Waals surface area contributed by atoms with Crippen molar-refractivity contribution in [2.75, 3.05) is 32.8 Å². The molecule has 33 heavy (non-hydrogen) atoms. The molecule has 0 amide bonds. The number of fused-ring (bicyclic) bond motifs is 3. The van der Waals surface area contributed by atoms with Crippen molar-refractivity contribution in [2.24, 2.45) is 5.41 Å². The van der Waals surface area contributed by atoms with Crippen LogP contribution >= 0.6 is 0 Å². The third-order valence-electron chi connectivity index (χ3n) is 7.51. The minimum atomic E-state index is -2.44. The molecule has 3 heterocycles. The zero-order valence-corrected chi connectivity index (χ0v) is 20.0.